The van der Waals surface area contributed by atoms with Crippen molar-refractivity contribution >= 4 is 41.5 Å². The fourth-order valence-electron chi connectivity index (χ4n) is 2.54. The summed E-state index contributed by atoms with van der Waals surface area (Å²) >= 11 is 0. The first-order valence-electron chi connectivity index (χ1n) is 9.77. The van der Waals surface area contributed by atoms with Crippen LogP contribution in [0.3, 0.4) is 0 Å². The van der Waals surface area contributed by atoms with E-state index in [0.717, 1.165) is 0 Å². The van der Waals surface area contributed by atoms with E-state index in [1.165, 1.54) is 0 Å². The molecule has 0 radical (unpaired) electrons. The van der Waals surface area contributed by atoms with Gasteiger partial charge in [0.05, 0.1) is 18.9 Å². The van der Waals surface area contributed by atoms with Crippen LogP contribution in [0.2, 0.25) is 0 Å². The van der Waals surface area contributed by atoms with E-state index in [1.807, 2.05) is 5.32 Å². The Morgan fingerprint density at radius 2 is 1.27 bits per heavy atom. The molecule has 0 aliphatic rings. The summed E-state index contributed by atoms with van der Waals surface area (Å²) in [5.41, 5.74) is 10.5. The molecule has 0 saturated carbocycles. The average Bonchev–Trinajstić information content (AvgIpc) is 2.66. The maximum absolute atomic E-state index is 12.7. The molecule has 0 aliphatic carbocycles. The number of primary amides is 1. The highest BCUT2D eigenvalue weighted by atomic mass is 16.4. The first-order chi connectivity index (χ1) is 15.1. The van der Waals surface area contributed by atoms with Crippen molar-refractivity contribution in [1.82, 2.24) is 16.0 Å². The van der Waals surface area contributed by atoms with Gasteiger partial charge in [0, 0.05) is 6.42 Å². The van der Waals surface area contributed by atoms with Crippen LogP contribution in [0, 0.1) is 5.92 Å². The Morgan fingerprint density at radius 1 is 0.758 bits per heavy atom. The minimum Gasteiger partial charge on any atom is -0.481 e. The molecule has 186 valence electrons. The minimum absolute atomic E-state index is 0.344. The number of hydrogen-bond donors (Lipinski definition) is 8. The van der Waals surface area contributed by atoms with Gasteiger partial charge in [-0.05, 0) is 12.3 Å². The largest absolute Gasteiger partial charge is 0.481 e. The van der Waals surface area contributed by atoms with Crippen molar-refractivity contribution in [1.29, 1.82) is 0 Å². The molecule has 0 aliphatic heterocycles. The van der Waals surface area contributed by atoms with Gasteiger partial charge in [0.1, 0.15) is 18.1 Å². The van der Waals surface area contributed by atoms with Gasteiger partial charge < -0.3 is 42.7 Å². The van der Waals surface area contributed by atoms with E-state index < -0.39 is 84.5 Å². The topological polar surface area (TPSA) is 268 Å². The molecule has 4 amide bonds. The van der Waals surface area contributed by atoms with Gasteiger partial charge in [-0.2, -0.15) is 0 Å². The molecule has 10 N–H and O–H groups in total. The lowest BCUT2D eigenvalue weighted by atomic mass is 10.0. The van der Waals surface area contributed by atoms with Crippen LogP contribution in [0.4, 0.5) is 0 Å². The van der Waals surface area contributed by atoms with Gasteiger partial charge in [-0.1, -0.05) is 13.8 Å². The van der Waals surface area contributed by atoms with Crippen molar-refractivity contribution in [3.8, 4) is 0 Å². The van der Waals surface area contributed by atoms with Crippen molar-refractivity contribution in [2.75, 3.05) is 0 Å². The lowest BCUT2D eigenvalue weighted by molar-refractivity contribution is -0.147. The smallest absolute Gasteiger partial charge is 0.326 e. The lowest BCUT2D eigenvalue weighted by Crippen LogP contribution is -2.58. The Morgan fingerprint density at radius 3 is 1.70 bits per heavy atom. The monoisotopic (exact) mass is 475 g/mol. The van der Waals surface area contributed by atoms with Gasteiger partial charge in [-0.15, -0.1) is 0 Å². The van der Waals surface area contributed by atoms with Crippen LogP contribution < -0.4 is 27.4 Å². The van der Waals surface area contributed by atoms with E-state index in [4.69, 9.17) is 26.8 Å². The third-order valence-corrected chi connectivity index (χ3v) is 4.28. The summed E-state index contributed by atoms with van der Waals surface area (Å²) in [5.74, 6) is -8.77. The molecular weight excluding hydrogens is 446 g/mol. The second kappa shape index (κ2) is 13.6. The van der Waals surface area contributed by atoms with Crippen LogP contribution in [-0.2, 0) is 33.6 Å². The SMILES string of the molecule is CC(C)C(NC(=O)C(N)CC(=O)O)C(=O)NC(CCC(N)=O)C(=O)NC(CC(=O)O)C(=O)O. The van der Waals surface area contributed by atoms with Gasteiger partial charge in [-0.25, -0.2) is 4.79 Å². The van der Waals surface area contributed by atoms with Gasteiger partial charge in [-0.3, -0.25) is 28.8 Å². The van der Waals surface area contributed by atoms with Crippen LogP contribution in [0.1, 0.15) is 39.5 Å². The zero-order chi connectivity index (χ0) is 25.9. The van der Waals surface area contributed by atoms with Crippen LogP contribution in [0.5, 0.6) is 0 Å². The molecule has 0 aromatic carbocycles. The molecule has 0 aromatic rings. The number of carbonyl (C=O) groups is 7. The highest BCUT2D eigenvalue weighted by Gasteiger charge is 2.32. The van der Waals surface area contributed by atoms with Gasteiger partial charge in [0.25, 0.3) is 0 Å². The summed E-state index contributed by atoms with van der Waals surface area (Å²) in [6.07, 6.45) is -2.35. The van der Waals surface area contributed by atoms with Crippen molar-refractivity contribution in [3.63, 3.8) is 0 Å². The Hall–Kier alpha value is -3.75. The standard InChI is InChI=1S/C18H29N5O10/c1-7(2)14(23-15(29)8(19)5-12(25)26)17(31)21-9(3-4-11(20)24)16(30)22-10(18(32)33)6-13(27)28/h7-10,14H,3-6,19H2,1-2H3,(H2,20,24)(H,21,31)(H,22,30)(H,23,29)(H,25,26)(H,27,28)(H,32,33). The molecule has 15 nitrogen and oxygen atoms in total. The average molecular weight is 475 g/mol. The molecule has 0 aromatic heterocycles. The van der Waals surface area contributed by atoms with E-state index in [9.17, 15) is 33.6 Å². The first kappa shape index (κ1) is 29.2. The third kappa shape index (κ3) is 11.4. The molecule has 15 heteroatoms. The van der Waals surface area contributed by atoms with Gasteiger partial charge >= 0.3 is 17.9 Å². The fraction of sp³-hybridized carbons (Fsp3) is 0.611. The van der Waals surface area contributed by atoms with Crippen LogP contribution in [0.15, 0.2) is 0 Å². The number of nitrogens with two attached hydrogens (primary N) is 2. The highest BCUT2D eigenvalue weighted by molar-refractivity contribution is 5.95. The zero-order valence-electron chi connectivity index (χ0n) is 18.1. The Balaban J connectivity index is 5.53. The number of nitrogens with one attached hydrogen (secondary N) is 3. The second-order valence-electron chi connectivity index (χ2n) is 7.50. The number of rotatable bonds is 15. The maximum atomic E-state index is 12.7. The van der Waals surface area contributed by atoms with Crippen LogP contribution >= 0.6 is 0 Å². The molecule has 0 spiro atoms. The Kier molecular flexibility index (Phi) is 12.1. The quantitative estimate of drug-likeness (QED) is 0.116. The Labute approximate surface area is 188 Å². The summed E-state index contributed by atoms with van der Waals surface area (Å²) in [4.78, 5) is 81.2. The first-order valence-corrected chi connectivity index (χ1v) is 9.77. The van der Waals surface area contributed by atoms with Crippen molar-refractivity contribution in [3.05, 3.63) is 0 Å². The zero-order valence-corrected chi connectivity index (χ0v) is 18.1. The minimum atomic E-state index is -1.81. The van der Waals surface area contributed by atoms with Crippen molar-refractivity contribution in [2.45, 2.75) is 63.7 Å². The van der Waals surface area contributed by atoms with Crippen LogP contribution in [0.25, 0.3) is 0 Å². The summed E-state index contributed by atoms with van der Waals surface area (Å²) in [6, 6.07) is -6.02. The van der Waals surface area contributed by atoms with E-state index in [0.29, 0.717) is 0 Å². The molecule has 4 unspecified atom stereocenters. The predicted molar refractivity (Wildman–Crippen MR) is 109 cm³/mol. The summed E-state index contributed by atoms with van der Waals surface area (Å²) in [6.45, 7) is 3.08. The number of carbonyl (C=O) groups excluding carboxylic acids is 4. The molecule has 0 rings (SSSR count). The van der Waals surface area contributed by atoms with Crippen molar-refractivity contribution < 1.29 is 48.9 Å². The molecule has 0 saturated heterocycles. The number of hydrogen-bond acceptors (Lipinski definition) is 8. The molecule has 0 bridgehead atoms. The molecule has 4 atom stereocenters. The maximum Gasteiger partial charge on any atom is 0.326 e. The Bertz CT molecular complexity index is 785. The van der Waals surface area contributed by atoms with E-state index >= 15 is 0 Å². The fourth-order valence-corrected chi connectivity index (χ4v) is 2.54. The molecule has 0 heterocycles. The number of amides is 4. The van der Waals surface area contributed by atoms with Crippen molar-refractivity contribution in [2.24, 2.45) is 17.4 Å². The third-order valence-electron chi connectivity index (χ3n) is 4.28. The number of carboxylic acid groups (broad SMARTS) is 3. The van der Waals surface area contributed by atoms with E-state index in [-0.39, 0.29) is 12.8 Å². The van der Waals surface area contributed by atoms with Crippen LogP contribution in [-0.4, -0.2) is 81.0 Å². The lowest BCUT2D eigenvalue weighted by Gasteiger charge is -2.26. The van der Waals surface area contributed by atoms with Gasteiger partial charge in [0.15, 0.2) is 0 Å². The summed E-state index contributed by atoms with van der Waals surface area (Å²) in [5, 5.41) is 33.1. The molecule has 33 heavy (non-hydrogen) atoms. The molecule has 0 fully saturated rings. The number of aliphatic carboxylic acids is 3. The van der Waals surface area contributed by atoms with E-state index in [1.54, 1.807) is 13.8 Å². The molecular formula is C18H29N5O10. The predicted octanol–water partition coefficient (Wildman–Crippen LogP) is -3.28. The summed E-state index contributed by atoms with van der Waals surface area (Å²) < 4.78 is 0. The second-order valence-corrected chi connectivity index (χ2v) is 7.50. The normalized spacial score (nSPS) is 14.3. The van der Waals surface area contributed by atoms with Gasteiger partial charge in [0.2, 0.25) is 23.6 Å². The highest BCUT2D eigenvalue weighted by Crippen LogP contribution is 2.07. The summed E-state index contributed by atoms with van der Waals surface area (Å²) in [7, 11) is 0. The number of carboxylic acids is 3. The van der Waals surface area contributed by atoms with E-state index in [2.05, 4.69) is 10.6 Å².